The van der Waals surface area contributed by atoms with Gasteiger partial charge in [0.15, 0.2) is 0 Å². The molecule has 0 unspecified atom stereocenters. The zero-order valence-corrected chi connectivity index (χ0v) is 16.0. The first-order valence-corrected chi connectivity index (χ1v) is 9.33. The lowest BCUT2D eigenvalue weighted by Gasteiger charge is -2.07. The molecule has 2 heteroatoms. The van der Waals surface area contributed by atoms with Crippen LogP contribution in [0, 0.1) is 0 Å². The highest BCUT2D eigenvalue weighted by atomic mass is 79.9. The molecule has 24 heavy (non-hydrogen) atoms. The average Bonchev–Trinajstić information content (AvgIpc) is 2.61. The van der Waals surface area contributed by atoms with Gasteiger partial charge in [0.2, 0.25) is 0 Å². The molecule has 0 radical (unpaired) electrons. The standard InChI is InChI=1S/C22H14Br2/c23-21-12-20(13-22(24)14-21)17-7-5-16(6-8-17)19-10-9-15-3-1-2-4-18(15)11-19/h1-14H. The number of rotatable bonds is 2. The van der Waals surface area contributed by atoms with Crippen LogP contribution in [0.4, 0.5) is 0 Å². The van der Waals surface area contributed by atoms with Crippen molar-refractivity contribution in [1.82, 2.24) is 0 Å². The first-order chi connectivity index (χ1) is 11.7. The lowest BCUT2D eigenvalue weighted by atomic mass is 9.98. The summed E-state index contributed by atoms with van der Waals surface area (Å²) in [5, 5.41) is 2.55. The van der Waals surface area contributed by atoms with Gasteiger partial charge < -0.3 is 0 Å². The summed E-state index contributed by atoms with van der Waals surface area (Å²) in [6.45, 7) is 0. The molecule has 4 rings (SSSR count). The van der Waals surface area contributed by atoms with Crippen molar-refractivity contribution in [2.75, 3.05) is 0 Å². The third-order valence-electron chi connectivity index (χ3n) is 4.16. The van der Waals surface area contributed by atoms with E-state index in [-0.39, 0.29) is 0 Å². The Labute approximate surface area is 158 Å². The van der Waals surface area contributed by atoms with Crippen molar-refractivity contribution in [3.05, 3.63) is 93.9 Å². The quantitative estimate of drug-likeness (QED) is 0.301. The molecular formula is C22H14Br2. The SMILES string of the molecule is Brc1cc(Br)cc(-c2ccc(-c3ccc4ccccc4c3)cc2)c1. The minimum Gasteiger partial charge on any atom is -0.0616 e. The molecule has 0 aromatic heterocycles. The van der Waals surface area contributed by atoms with Crippen LogP contribution in [0.3, 0.4) is 0 Å². The molecule has 0 fully saturated rings. The van der Waals surface area contributed by atoms with Crippen LogP contribution in [0.2, 0.25) is 0 Å². The Morgan fingerprint density at radius 1 is 0.417 bits per heavy atom. The van der Waals surface area contributed by atoms with Crippen LogP contribution in [0.25, 0.3) is 33.0 Å². The number of halogens is 2. The summed E-state index contributed by atoms with van der Waals surface area (Å²) in [6, 6.07) is 30.1. The summed E-state index contributed by atoms with van der Waals surface area (Å²) in [4.78, 5) is 0. The molecule has 0 saturated heterocycles. The molecule has 0 spiro atoms. The molecule has 0 aliphatic rings. The molecule has 116 valence electrons. The Morgan fingerprint density at radius 2 is 0.958 bits per heavy atom. The summed E-state index contributed by atoms with van der Waals surface area (Å²) in [6.07, 6.45) is 0. The Hall–Kier alpha value is -1.90. The topological polar surface area (TPSA) is 0 Å². The maximum Gasteiger partial charge on any atom is 0.0192 e. The minimum absolute atomic E-state index is 1.07. The molecule has 0 amide bonds. The van der Waals surface area contributed by atoms with Gasteiger partial charge in [0, 0.05) is 8.95 Å². The van der Waals surface area contributed by atoms with Crippen LogP contribution in [-0.2, 0) is 0 Å². The van der Waals surface area contributed by atoms with E-state index in [4.69, 9.17) is 0 Å². The fourth-order valence-corrected chi connectivity index (χ4v) is 4.24. The third kappa shape index (κ3) is 3.17. The van der Waals surface area contributed by atoms with E-state index in [1.807, 2.05) is 6.07 Å². The van der Waals surface area contributed by atoms with Crippen molar-refractivity contribution in [2.24, 2.45) is 0 Å². The van der Waals surface area contributed by atoms with E-state index < -0.39 is 0 Å². The highest BCUT2D eigenvalue weighted by molar-refractivity contribution is 9.11. The van der Waals surface area contributed by atoms with Crippen molar-refractivity contribution in [2.45, 2.75) is 0 Å². The fraction of sp³-hybridized carbons (Fsp3) is 0. The molecule has 0 nitrogen and oxygen atoms in total. The van der Waals surface area contributed by atoms with Crippen molar-refractivity contribution < 1.29 is 0 Å². The smallest absolute Gasteiger partial charge is 0.0192 e. The maximum atomic E-state index is 3.55. The van der Waals surface area contributed by atoms with Crippen molar-refractivity contribution in [1.29, 1.82) is 0 Å². The average molecular weight is 438 g/mol. The predicted octanol–water partition coefficient (Wildman–Crippen LogP) is 7.70. The fourth-order valence-electron chi connectivity index (χ4n) is 2.94. The molecule has 0 aliphatic carbocycles. The lowest BCUT2D eigenvalue weighted by molar-refractivity contribution is 1.56. The molecular weight excluding hydrogens is 424 g/mol. The van der Waals surface area contributed by atoms with Crippen molar-refractivity contribution >= 4 is 42.6 Å². The van der Waals surface area contributed by atoms with Crippen molar-refractivity contribution in [3.8, 4) is 22.3 Å². The molecule has 0 saturated carbocycles. The van der Waals surface area contributed by atoms with Gasteiger partial charge in [-0.25, -0.2) is 0 Å². The molecule has 0 atom stereocenters. The maximum absolute atomic E-state index is 3.55. The van der Waals surface area contributed by atoms with Crippen LogP contribution in [-0.4, -0.2) is 0 Å². The number of hydrogen-bond acceptors (Lipinski definition) is 0. The number of benzene rings is 4. The van der Waals surface area contributed by atoms with Crippen LogP contribution in [0.15, 0.2) is 93.9 Å². The van der Waals surface area contributed by atoms with Gasteiger partial charge >= 0.3 is 0 Å². The lowest BCUT2D eigenvalue weighted by Crippen LogP contribution is -1.82. The van der Waals surface area contributed by atoms with Gasteiger partial charge in [-0.2, -0.15) is 0 Å². The molecule has 4 aromatic carbocycles. The zero-order valence-electron chi connectivity index (χ0n) is 12.8. The second kappa shape index (κ2) is 6.54. The Kier molecular flexibility index (Phi) is 4.26. The second-order valence-corrected chi connectivity index (χ2v) is 7.63. The van der Waals surface area contributed by atoms with E-state index in [1.54, 1.807) is 0 Å². The first-order valence-electron chi connectivity index (χ1n) is 7.75. The Morgan fingerprint density at radius 3 is 1.62 bits per heavy atom. The molecule has 4 aromatic rings. The summed E-state index contributed by atoms with van der Waals surface area (Å²) < 4.78 is 2.15. The first kappa shape index (κ1) is 15.6. The number of fused-ring (bicyclic) bond motifs is 1. The van der Waals surface area contributed by atoms with Crippen LogP contribution in [0.5, 0.6) is 0 Å². The highest BCUT2D eigenvalue weighted by Gasteiger charge is 2.03. The zero-order chi connectivity index (χ0) is 16.5. The third-order valence-corrected chi connectivity index (χ3v) is 5.08. The Bertz CT molecular complexity index is 997. The van der Waals surface area contributed by atoms with Crippen LogP contribution in [0.1, 0.15) is 0 Å². The van der Waals surface area contributed by atoms with Crippen molar-refractivity contribution in [3.63, 3.8) is 0 Å². The van der Waals surface area contributed by atoms with E-state index in [0.29, 0.717) is 0 Å². The molecule has 0 bridgehead atoms. The van der Waals surface area contributed by atoms with Gasteiger partial charge in [-0.1, -0.05) is 92.5 Å². The van der Waals surface area contributed by atoms with Crippen LogP contribution < -0.4 is 0 Å². The van der Waals surface area contributed by atoms with E-state index in [2.05, 4.69) is 111 Å². The van der Waals surface area contributed by atoms with E-state index in [9.17, 15) is 0 Å². The largest absolute Gasteiger partial charge is 0.0616 e. The van der Waals surface area contributed by atoms with Crippen LogP contribution >= 0.6 is 31.9 Å². The van der Waals surface area contributed by atoms with E-state index in [1.165, 1.54) is 33.0 Å². The molecule has 0 N–H and O–H groups in total. The van der Waals surface area contributed by atoms with Gasteiger partial charge in [-0.05, 0) is 57.3 Å². The predicted molar refractivity (Wildman–Crippen MR) is 110 cm³/mol. The van der Waals surface area contributed by atoms with Gasteiger partial charge in [-0.15, -0.1) is 0 Å². The monoisotopic (exact) mass is 436 g/mol. The minimum atomic E-state index is 1.07. The summed E-state index contributed by atoms with van der Waals surface area (Å²) >= 11 is 7.11. The van der Waals surface area contributed by atoms with E-state index in [0.717, 1.165) is 8.95 Å². The summed E-state index contributed by atoms with van der Waals surface area (Å²) in [7, 11) is 0. The van der Waals surface area contributed by atoms with E-state index >= 15 is 0 Å². The second-order valence-electron chi connectivity index (χ2n) is 5.80. The molecule has 0 heterocycles. The summed E-state index contributed by atoms with van der Waals surface area (Å²) in [5.41, 5.74) is 4.89. The van der Waals surface area contributed by atoms with Gasteiger partial charge in [0.1, 0.15) is 0 Å². The normalized spacial score (nSPS) is 10.9. The highest BCUT2D eigenvalue weighted by Crippen LogP contribution is 2.30. The van der Waals surface area contributed by atoms with Gasteiger partial charge in [-0.3, -0.25) is 0 Å². The summed E-state index contributed by atoms with van der Waals surface area (Å²) in [5.74, 6) is 0. The Balaban J connectivity index is 1.72. The van der Waals surface area contributed by atoms with Gasteiger partial charge in [0.05, 0.1) is 0 Å². The molecule has 0 aliphatic heterocycles. The number of hydrogen-bond donors (Lipinski definition) is 0. The van der Waals surface area contributed by atoms with Gasteiger partial charge in [0.25, 0.3) is 0 Å².